The van der Waals surface area contributed by atoms with E-state index in [-0.39, 0.29) is 6.10 Å². The molecule has 1 fully saturated rings. The molecule has 0 saturated heterocycles. The van der Waals surface area contributed by atoms with E-state index in [9.17, 15) is 5.11 Å². The number of anilines is 1. The first kappa shape index (κ1) is 12.0. The lowest BCUT2D eigenvalue weighted by atomic mass is 10.0. The van der Waals surface area contributed by atoms with E-state index in [1.54, 1.807) is 0 Å². The minimum absolute atomic E-state index is 0.0691. The Bertz CT molecular complexity index is 404. The Labute approximate surface area is 110 Å². The Morgan fingerprint density at radius 3 is 2.83 bits per heavy atom. The van der Waals surface area contributed by atoms with Gasteiger partial charge in [-0.1, -0.05) is 24.6 Å². The summed E-state index contributed by atoms with van der Waals surface area (Å²) in [5.74, 6) is 0.483. The molecule has 3 rings (SSSR count). The number of rotatable bonds is 2. The van der Waals surface area contributed by atoms with Crippen LogP contribution in [0.3, 0.4) is 0 Å². The predicted octanol–water partition coefficient (Wildman–Crippen LogP) is 2.99. The highest BCUT2D eigenvalue weighted by Crippen LogP contribution is 2.31. The third-order valence-electron chi connectivity index (χ3n) is 4.53. The van der Waals surface area contributed by atoms with Crippen LogP contribution >= 0.6 is 0 Å². The molecule has 2 atom stereocenters. The Kier molecular flexibility index (Phi) is 3.55. The van der Waals surface area contributed by atoms with Crippen LogP contribution in [0.4, 0.5) is 5.69 Å². The maximum absolute atomic E-state index is 10.0. The lowest BCUT2D eigenvalue weighted by molar-refractivity contribution is 0.135. The van der Waals surface area contributed by atoms with Crippen molar-refractivity contribution >= 4 is 5.69 Å². The molecule has 1 aliphatic heterocycles. The summed E-state index contributed by atoms with van der Waals surface area (Å²) in [7, 11) is 0. The van der Waals surface area contributed by atoms with Gasteiger partial charge in [-0.3, -0.25) is 0 Å². The molecule has 2 nitrogen and oxygen atoms in total. The van der Waals surface area contributed by atoms with E-state index in [0.717, 1.165) is 19.5 Å². The zero-order valence-corrected chi connectivity index (χ0v) is 11.0. The number of aliphatic hydroxyl groups is 1. The summed E-state index contributed by atoms with van der Waals surface area (Å²) in [6, 6.07) is 8.80. The summed E-state index contributed by atoms with van der Waals surface area (Å²) in [4.78, 5) is 2.52. The third-order valence-corrected chi connectivity index (χ3v) is 4.53. The van der Waals surface area contributed by atoms with Gasteiger partial charge in [-0.05, 0) is 43.7 Å². The Morgan fingerprint density at radius 1 is 1.11 bits per heavy atom. The van der Waals surface area contributed by atoms with Crippen LogP contribution in [-0.4, -0.2) is 24.3 Å². The maximum atomic E-state index is 10.0. The van der Waals surface area contributed by atoms with Crippen molar-refractivity contribution in [1.29, 1.82) is 0 Å². The van der Waals surface area contributed by atoms with Crippen molar-refractivity contribution in [3.05, 3.63) is 29.8 Å². The number of fused-ring (bicyclic) bond motifs is 1. The number of para-hydroxylation sites is 1. The summed E-state index contributed by atoms with van der Waals surface area (Å²) < 4.78 is 0. The summed E-state index contributed by atoms with van der Waals surface area (Å²) in [6.07, 6.45) is 7.10. The average Bonchev–Trinajstić information content (AvgIpc) is 2.68. The first-order chi connectivity index (χ1) is 8.84. The standard InChI is InChI=1S/C16H23NO/c18-16-10-5-8-14(16)12-17-11-4-3-7-13-6-1-2-9-15(13)17/h1-2,6,9,14,16,18H,3-5,7-8,10-12H2. The molecule has 0 bridgehead atoms. The van der Waals surface area contributed by atoms with E-state index >= 15 is 0 Å². The average molecular weight is 245 g/mol. The van der Waals surface area contributed by atoms with Gasteiger partial charge >= 0.3 is 0 Å². The third kappa shape index (κ3) is 2.39. The van der Waals surface area contributed by atoms with Crippen molar-refractivity contribution in [1.82, 2.24) is 0 Å². The zero-order valence-electron chi connectivity index (χ0n) is 11.0. The number of nitrogens with zero attached hydrogens (tertiary/aromatic N) is 1. The van der Waals surface area contributed by atoms with E-state index in [0.29, 0.717) is 5.92 Å². The fourth-order valence-corrected chi connectivity index (χ4v) is 3.47. The quantitative estimate of drug-likeness (QED) is 0.866. The summed E-state index contributed by atoms with van der Waals surface area (Å²) in [5.41, 5.74) is 2.90. The van der Waals surface area contributed by atoms with Crippen molar-refractivity contribution < 1.29 is 5.11 Å². The van der Waals surface area contributed by atoms with Crippen LogP contribution in [-0.2, 0) is 6.42 Å². The lowest BCUT2D eigenvalue weighted by Crippen LogP contribution is -2.33. The number of aliphatic hydroxyl groups excluding tert-OH is 1. The number of hydrogen-bond acceptors (Lipinski definition) is 2. The van der Waals surface area contributed by atoms with Crippen LogP contribution in [0, 0.1) is 5.92 Å². The van der Waals surface area contributed by atoms with Crippen molar-refractivity contribution in [2.24, 2.45) is 5.92 Å². The molecule has 0 radical (unpaired) electrons. The molecule has 1 heterocycles. The predicted molar refractivity (Wildman–Crippen MR) is 74.9 cm³/mol. The van der Waals surface area contributed by atoms with Crippen LogP contribution in [0.1, 0.15) is 37.7 Å². The molecular formula is C16H23NO. The minimum atomic E-state index is -0.0691. The topological polar surface area (TPSA) is 23.5 Å². The largest absolute Gasteiger partial charge is 0.393 e. The maximum Gasteiger partial charge on any atom is 0.0585 e. The van der Waals surface area contributed by atoms with Crippen LogP contribution in [0.25, 0.3) is 0 Å². The molecule has 98 valence electrons. The molecule has 1 aliphatic carbocycles. The smallest absolute Gasteiger partial charge is 0.0585 e. The summed E-state index contributed by atoms with van der Waals surface area (Å²) >= 11 is 0. The second-order valence-electron chi connectivity index (χ2n) is 5.79. The highest BCUT2D eigenvalue weighted by molar-refractivity contribution is 5.54. The van der Waals surface area contributed by atoms with Crippen LogP contribution in [0.15, 0.2) is 24.3 Å². The monoisotopic (exact) mass is 245 g/mol. The van der Waals surface area contributed by atoms with Gasteiger partial charge in [-0.15, -0.1) is 0 Å². The van der Waals surface area contributed by atoms with E-state index in [2.05, 4.69) is 29.2 Å². The number of aryl methyl sites for hydroxylation is 1. The molecule has 1 aromatic carbocycles. The molecule has 1 aromatic rings. The second kappa shape index (κ2) is 5.31. The van der Waals surface area contributed by atoms with Crippen molar-refractivity contribution in [3.8, 4) is 0 Å². The minimum Gasteiger partial charge on any atom is -0.393 e. The Morgan fingerprint density at radius 2 is 2.00 bits per heavy atom. The molecule has 1 N–H and O–H groups in total. The Balaban J connectivity index is 1.79. The van der Waals surface area contributed by atoms with Crippen molar-refractivity contribution in [2.45, 2.75) is 44.6 Å². The lowest BCUT2D eigenvalue weighted by Gasteiger charge is -2.29. The van der Waals surface area contributed by atoms with Crippen LogP contribution < -0.4 is 4.90 Å². The number of benzene rings is 1. The molecule has 0 amide bonds. The van der Waals surface area contributed by atoms with Gasteiger partial charge in [0.1, 0.15) is 0 Å². The molecule has 2 aliphatic rings. The van der Waals surface area contributed by atoms with Gasteiger partial charge in [0, 0.05) is 24.7 Å². The van der Waals surface area contributed by atoms with Gasteiger partial charge in [0.05, 0.1) is 6.10 Å². The zero-order chi connectivity index (χ0) is 12.4. The van der Waals surface area contributed by atoms with Gasteiger partial charge in [0.15, 0.2) is 0 Å². The van der Waals surface area contributed by atoms with Gasteiger partial charge in [0.25, 0.3) is 0 Å². The van der Waals surface area contributed by atoms with Gasteiger partial charge in [0.2, 0.25) is 0 Å². The molecule has 2 heteroatoms. The molecule has 1 saturated carbocycles. The van der Waals surface area contributed by atoms with Gasteiger partial charge in [-0.2, -0.15) is 0 Å². The fraction of sp³-hybridized carbons (Fsp3) is 0.625. The SMILES string of the molecule is OC1CCCC1CN1CCCCc2ccccc21. The summed E-state index contributed by atoms with van der Waals surface area (Å²) in [6.45, 7) is 2.19. The highest BCUT2D eigenvalue weighted by atomic mass is 16.3. The normalized spacial score (nSPS) is 27.9. The molecule has 0 spiro atoms. The van der Waals surface area contributed by atoms with E-state index in [4.69, 9.17) is 0 Å². The van der Waals surface area contributed by atoms with E-state index < -0.39 is 0 Å². The van der Waals surface area contributed by atoms with Crippen molar-refractivity contribution in [2.75, 3.05) is 18.0 Å². The highest BCUT2D eigenvalue weighted by Gasteiger charge is 2.28. The summed E-state index contributed by atoms with van der Waals surface area (Å²) in [5, 5.41) is 10.0. The number of hydrogen-bond donors (Lipinski definition) is 1. The fourth-order valence-electron chi connectivity index (χ4n) is 3.47. The molecule has 2 unspecified atom stereocenters. The first-order valence-electron chi connectivity index (χ1n) is 7.35. The van der Waals surface area contributed by atoms with Crippen LogP contribution in [0.5, 0.6) is 0 Å². The van der Waals surface area contributed by atoms with Gasteiger partial charge < -0.3 is 10.0 Å². The van der Waals surface area contributed by atoms with E-state index in [1.807, 2.05) is 0 Å². The van der Waals surface area contributed by atoms with Crippen molar-refractivity contribution in [3.63, 3.8) is 0 Å². The Hall–Kier alpha value is -1.02. The molecular weight excluding hydrogens is 222 g/mol. The molecule has 0 aromatic heterocycles. The van der Waals surface area contributed by atoms with Crippen LogP contribution in [0.2, 0.25) is 0 Å². The molecule has 18 heavy (non-hydrogen) atoms. The second-order valence-corrected chi connectivity index (χ2v) is 5.79. The van der Waals surface area contributed by atoms with E-state index in [1.165, 1.54) is 43.4 Å². The first-order valence-corrected chi connectivity index (χ1v) is 7.35. The van der Waals surface area contributed by atoms with Gasteiger partial charge in [-0.25, -0.2) is 0 Å².